The van der Waals surface area contributed by atoms with Crippen molar-refractivity contribution in [3.8, 4) is 22.6 Å². The van der Waals surface area contributed by atoms with Gasteiger partial charge in [0.05, 0.1) is 13.2 Å². The van der Waals surface area contributed by atoms with E-state index in [2.05, 4.69) is 158 Å². The Morgan fingerprint density at radius 2 is 0.660 bits per heavy atom. The highest BCUT2D eigenvalue weighted by molar-refractivity contribution is 7.80. The van der Waals surface area contributed by atoms with Gasteiger partial charge in [-0.2, -0.15) is 0 Å². The molecule has 4 heteroatoms. The smallest absolute Gasteiger partial charge is 0.119 e. The SMILES string of the molecule is c1ccc(P(c2ccccc2)c2ccc3cc2-c2cc(ccc2P(c2ccccc2)c2ccccc2)OCCCCCCCO3)cc1. The van der Waals surface area contributed by atoms with Gasteiger partial charge >= 0.3 is 0 Å². The molecule has 1 aliphatic heterocycles. The van der Waals surface area contributed by atoms with Crippen LogP contribution >= 0.6 is 15.8 Å². The van der Waals surface area contributed by atoms with Gasteiger partial charge in [-0.1, -0.05) is 141 Å². The van der Waals surface area contributed by atoms with E-state index < -0.39 is 15.8 Å². The topological polar surface area (TPSA) is 18.5 Å². The van der Waals surface area contributed by atoms with Crippen molar-refractivity contribution in [2.24, 2.45) is 0 Å². The van der Waals surface area contributed by atoms with Crippen LogP contribution in [0.3, 0.4) is 0 Å². The van der Waals surface area contributed by atoms with Crippen LogP contribution in [0.5, 0.6) is 11.5 Å². The Morgan fingerprint density at radius 3 is 1.00 bits per heavy atom. The van der Waals surface area contributed by atoms with Gasteiger partial charge in [0.15, 0.2) is 0 Å². The van der Waals surface area contributed by atoms with Crippen LogP contribution in [0.2, 0.25) is 0 Å². The van der Waals surface area contributed by atoms with E-state index in [1.54, 1.807) is 0 Å². The first-order valence-electron chi connectivity index (χ1n) is 16.7. The van der Waals surface area contributed by atoms with E-state index in [0.717, 1.165) is 37.6 Å². The predicted molar refractivity (Wildman–Crippen MR) is 203 cm³/mol. The molecule has 1 aliphatic rings. The van der Waals surface area contributed by atoms with Crippen molar-refractivity contribution < 1.29 is 9.47 Å². The summed E-state index contributed by atoms with van der Waals surface area (Å²) in [4.78, 5) is 0. The number of fused-ring (bicyclic) bond motifs is 5. The molecule has 0 aliphatic carbocycles. The molecule has 6 aromatic rings. The lowest BCUT2D eigenvalue weighted by atomic mass is 10.0. The van der Waals surface area contributed by atoms with Gasteiger partial charge < -0.3 is 9.47 Å². The predicted octanol–water partition coefficient (Wildman–Crippen LogP) is 8.59. The molecule has 0 fully saturated rings. The van der Waals surface area contributed by atoms with E-state index in [4.69, 9.17) is 9.47 Å². The molecular weight excluding hydrogens is 610 g/mol. The normalized spacial score (nSPS) is 13.7. The Kier molecular flexibility index (Phi) is 10.4. The Hall–Kier alpha value is -4.22. The van der Waals surface area contributed by atoms with E-state index in [1.807, 2.05) is 0 Å². The molecule has 6 aromatic carbocycles. The van der Waals surface area contributed by atoms with Gasteiger partial charge in [0.1, 0.15) is 11.5 Å². The number of hydrogen-bond acceptors (Lipinski definition) is 2. The van der Waals surface area contributed by atoms with Crippen LogP contribution in [-0.4, -0.2) is 13.2 Å². The van der Waals surface area contributed by atoms with E-state index in [1.165, 1.54) is 62.2 Å². The third kappa shape index (κ3) is 7.52. The van der Waals surface area contributed by atoms with Crippen molar-refractivity contribution in [2.45, 2.75) is 32.1 Å². The maximum absolute atomic E-state index is 6.49. The first-order valence-corrected chi connectivity index (χ1v) is 19.4. The minimum absolute atomic E-state index is 0.731. The average molecular weight is 651 g/mol. The molecule has 0 saturated carbocycles. The largest absolute Gasteiger partial charge is 0.494 e. The highest BCUT2D eigenvalue weighted by Crippen LogP contribution is 2.43. The third-order valence-electron chi connectivity index (χ3n) is 8.59. The van der Waals surface area contributed by atoms with Gasteiger partial charge in [0.2, 0.25) is 0 Å². The summed E-state index contributed by atoms with van der Waals surface area (Å²) in [5.74, 6) is 1.85. The highest BCUT2D eigenvalue weighted by Gasteiger charge is 2.26. The van der Waals surface area contributed by atoms with Crippen LogP contribution in [0.4, 0.5) is 0 Å². The van der Waals surface area contributed by atoms with Crippen LogP contribution < -0.4 is 41.3 Å². The van der Waals surface area contributed by atoms with Crippen molar-refractivity contribution in [2.75, 3.05) is 13.2 Å². The van der Waals surface area contributed by atoms with Gasteiger partial charge in [-0.3, -0.25) is 0 Å². The van der Waals surface area contributed by atoms with Crippen molar-refractivity contribution in [3.05, 3.63) is 158 Å². The van der Waals surface area contributed by atoms with Crippen molar-refractivity contribution in [1.82, 2.24) is 0 Å². The first kappa shape index (κ1) is 31.4. The molecule has 0 saturated heterocycles. The second kappa shape index (κ2) is 15.6. The molecule has 0 atom stereocenters. The summed E-state index contributed by atoms with van der Waals surface area (Å²) >= 11 is 0. The maximum Gasteiger partial charge on any atom is 0.119 e. The van der Waals surface area contributed by atoms with E-state index in [9.17, 15) is 0 Å². The standard InChI is InChI=1S/C43H40O2P2/c1-2-16-30-44-34-26-28-42(46(36-18-8-4-9-19-36)37-20-10-5-11-21-37)40(32-34)41-33-35(45-31-17-3-1)27-29-43(41)47(38-22-12-6-13-23-38)39-24-14-7-15-25-39/h4-15,18-29,32-33H,1-3,16-17,30-31H2. The molecule has 7 rings (SSSR count). The van der Waals surface area contributed by atoms with Crippen LogP contribution in [0.15, 0.2) is 158 Å². The van der Waals surface area contributed by atoms with E-state index in [0.29, 0.717) is 0 Å². The molecule has 0 amide bonds. The van der Waals surface area contributed by atoms with Crippen molar-refractivity contribution >= 4 is 47.7 Å². The fourth-order valence-corrected chi connectivity index (χ4v) is 11.2. The summed E-state index contributed by atoms with van der Waals surface area (Å²) < 4.78 is 13.0. The Morgan fingerprint density at radius 1 is 0.340 bits per heavy atom. The van der Waals surface area contributed by atoms with Gasteiger partial charge in [-0.25, -0.2) is 0 Å². The van der Waals surface area contributed by atoms with Crippen molar-refractivity contribution in [1.29, 1.82) is 0 Å². The minimum Gasteiger partial charge on any atom is -0.494 e. The number of benzene rings is 6. The second-order valence-electron chi connectivity index (χ2n) is 11.8. The van der Waals surface area contributed by atoms with Crippen LogP contribution in [0, 0.1) is 0 Å². The number of ether oxygens (including phenoxy) is 2. The second-order valence-corrected chi connectivity index (χ2v) is 16.2. The zero-order valence-corrected chi connectivity index (χ0v) is 28.5. The Labute approximate surface area is 281 Å². The molecule has 0 radical (unpaired) electrons. The van der Waals surface area contributed by atoms with Gasteiger partial charge in [0, 0.05) is 0 Å². The molecule has 0 spiro atoms. The molecule has 0 N–H and O–H groups in total. The summed E-state index contributed by atoms with van der Waals surface area (Å²) in [7, 11) is -1.72. The van der Waals surface area contributed by atoms with Crippen LogP contribution in [-0.2, 0) is 0 Å². The number of hydrogen-bond donors (Lipinski definition) is 0. The Bertz CT molecular complexity index is 1640. The lowest BCUT2D eigenvalue weighted by molar-refractivity contribution is 0.294. The quantitative estimate of drug-likeness (QED) is 0.168. The molecule has 47 heavy (non-hydrogen) atoms. The first-order chi connectivity index (χ1) is 23.3. The summed E-state index contributed by atoms with van der Waals surface area (Å²) in [5, 5.41) is 7.97. The molecule has 234 valence electrons. The molecule has 0 aromatic heterocycles. The molecule has 2 nitrogen and oxygen atoms in total. The van der Waals surface area contributed by atoms with Crippen molar-refractivity contribution in [3.63, 3.8) is 0 Å². The van der Waals surface area contributed by atoms with Gasteiger partial charge in [-0.15, -0.1) is 0 Å². The Balaban J connectivity index is 1.50. The average Bonchev–Trinajstić information content (AvgIpc) is 3.14. The third-order valence-corrected chi connectivity index (χ3v) is 13.6. The maximum atomic E-state index is 6.49. The van der Waals surface area contributed by atoms with E-state index in [-0.39, 0.29) is 0 Å². The molecule has 1 heterocycles. The highest BCUT2D eigenvalue weighted by atomic mass is 31.1. The molecule has 4 bridgehead atoms. The van der Waals surface area contributed by atoms with Gasteiger partial charge in [-0.05, 0) is 108 Å². The zero-order chi connectivity index (χ0) is 31.7. The summed E-state index contributed by atoms with van der Waals surface area (Å²) in [6.07, 6.45) is 5.68. The lowest BCUT2D eigenvalue weighted by Gasteiger charge is -2.27. The minimum atomic E-state index is -0.859. The lowest BCUT2D eigenvalue weighted by Crippen LogP contribution is -2.26. The summed E-state index contributed by atoms with van der Waals surface area (Å²) in [6.45, 7) is 1.46. The fraction of sp³-hybridized carbons (Fsp3) is 0.163. The summed E-state index contributed by atoms with van der Waals surface area (Å²) in [5.41, 5.74) is 2.44. The fourth-order valence-electron chi connectivity index (χ4n) is 6.31. The zero-order valence-electron chi connectivity index (χ0n) is 26.7. The van der Waals surface area contributed by atoms with Crippen LogP contribution in [0.25, 0.3) is 11.1 Å². The van der Waals surface area contributed by atoms with Gasteiger partial charge in [0.25, 0.3) is 0 Å². The molecule has 0 unspecified atom stereocenters. The molecular formula is C43H40O2P2. The van der Waals surface area contributed by atoms with Crippen LogP contribution in [0.1, 0.15) is 32.1 Å². The summed E-state index contributed by atoms with van der Waals surface area (Å²) in [6, 6.07) is 57.7. The van der Waals surface area contributed by atoms with E-state index >= 15 is 0 Å². The number of rotatable bonds is 6. The monoisotopic (exact) mass is 650 g/mol.